The first kappa shape index (κ1) is 30.5. The van der Waals surface area contributed by atoms with Gasteiger partial charge in [0, 0.05) is 0 Å². The minimum absolute atomic E-state index is 0.0757. The Kier molecular flexibility index (Phi) is 9.39. The zero-order chi connectivity index (χ0) is 29.1. The summed E-state index contributed by atoms with van der Waals surface area (Å²) in [5.74, 6) is -2.53. The molecule has 2 aromatic rings. The molecule has 1 aromatic heterocycles. The predicted molar refractivity (Wildman–Crippen MR) is 125 cm³/mol. The number of H-pyrrole nitrogens is 1. The van der Waals surface area contributed by atoms with Crippen molar-refractivity contribution in [2.75, 3.05) is 6.61 Å². The first-order valence-electron chi connectivity index (χ1n) is 11.5. The third kappa shape index (κ3) is 6.76. The SMILES string of the molecule is CC(C)OC(=O)C(C)NP(=O)(OCC1(C(F)F)OC(n2cc(F)c(=O)[nH]c2=O)C(F)C1O)Oc1ccccc1. The van der Waals surface area contributed by atoms with Gasteiger partial charge in [0.2, 0.25) is 5.82 Å². The van der Waals surface area contributed by atoms with Crippen molar-refractivity contribution in [3.63, 3.8) is 0 Å². The number of hydrogen-bond donors (Lipinski definition) is 3. The molecule has 0 saturated carbocycles. The summed E-state index contributed by atoms with van der Waals surface area (Å²) < 4.78 is 91.6. The molecule has 3 rings (SSSR count). The van der Waals surface area contributed by atoms with E-state index in [-0.39, 0.29) is 16.5 Å². The molecule has 216 valence electrons. The molecule has 17 heteroatoms. The molecular weight excluding hydrogens is 557 g/mol. The van der Waals surface area contributed by atoms with Crippen molar-refractivity contribution in [1.82, 2.24) is 14.6 Å². The van der Waals surface area contributed by atoms with E-state index in [2.05, 4.69) is 5.09 Å². The number of alkyl halides is 3. The van der Waals surface area contributed by atoms with Gasteiger partial charge in [0.05, 0.1) is 18.9 Å². The van der Waals surface area contributed by atoms with E-state index in [1.807, 2.05) is 0 Å². The fraction of sp³-hybridized carbons (Fsp3) is 0.500. The number of aromatic nitrogens is 2. The zero-order valence-electron chi connectivity index (χ0n) is 20.8. The molecule has 39 heavy (non-hydrogen) atoms. The Morgan fingerprint density at radius 3 is 2.49 bits per heavy atom. The summed E-state index contributed by atoms with van der Waals surface area (Å²) >= 11 is 0. The first-order chi connectivity index (χ1) is 18.2. The standard InChI is InChI=1S/C22H26F4N3O9P/c1-11(2)36-19(32)12(3)28-39(34,38-13-7-5-4-6-8-13)35-10-22(20(25)26)16(30)15(24)18(37-22)29-9-14(23)17(31)27-21(29)33/h4-9,11-12,15-16,18,20,30H,10H2,1-3H3,(H,28,34)(H,27,31,33). The van der Waals surface area contributed by atoms with E-state index in [0.29, 0.717) is 0 Å². The second kappa shape index (κ2) is 12.0. The average Bonchev–Trinajstić information content (AvgIpc) is 3.11. The number of nitrogens with one attached hydrogen (secondary N) is 2. The molecular formula is C22H26F4N3O9P. The van der Waals surface area contributed by atoms with Gasteiger partial charge in [-0.3, -0.25) is 23.7 Å². The van der Waals surface area contributed by atoms with Gasteiger partial charge < -0.3 is 19.1 Å². The van der Waals surface area contributed by atoms with Crippen LogP contribution < -0.4 is 20.9 Å². The molecule has 12 nitrogen and oxygen atoms in total. The number of rotatable bonds is 11. The van der Waals surface area contributed by atoms with Crippen LogP contribution in [0.15, 0.2) is 46.1 Å². The molecule has 0 bridgehead atoms. The third-order valence-electron chi connectivity index (χ3n) is 5.47. The fourth-order valence-electron chi connectivity index (χ4n) is 3.53. The quantitative estimate of drug-likeness (QED) is 0.203. The van der Waals surface area contributed by atoms with E-state index in [0.717, 1.165) is 0 Å². The minimum atomic E-state index is -4.77. The van der Waals surface area contributed by atoms with Crippen LogP contribution in [0.2, 0.25) is 0 Å². The lowest BCUT2D eigenvalue weighted by atomic mass is 9.97. The summed E-state index contributed by atoms with van der Waals surface area (Å²) in [6, 6.07) is 5.88. The Morgan fingerprint density at radius 1 is 1.26 bits per heavy atom. The van der Waals surface area contributed by atoms with Crippen LogP contribution >= 0.6 is 7.75 Å². The lowest BCUT2D eigenvalue weighted by molar-refractivity contribution is -0.193. The van der Waals surface area contributed by atoms with Crippen molar-refractivity contribution in [2.45, 2.75) is 63.4 Å². The summed E-state index contributed by atoms with van der Waals surface area (Å²) in [7, 11) is -4.77. The number of carbonyl (C=O) groups is 1. The van der Waals surface area contributed by atoms with Gasteiger partial charge in [-0.25, -0.2) is 22.5 Å². The van der Waals surface area contributed by atoms with Crippen LogP contribution in [0, 0.1) is 5.82 Å². The van der Waals surface area contributed by atoms with Crippen molar-refractivity contribution in [1.29, 1.82) is 0 Å². The number of aliphatic hydroxyl groups is 1. The summed E-state index contributed by atoms with van der Waals surface area (Å²) in [5.41, 5.74) is -6.12. The largest absolute Gasteiger partial charge is 0.462 e. The highest BCUT2D eigenvalue weighted by Gasteiger charge is 2.62. The van der Waals surface area contributed by atoms with Gasteiger partial charge in [0.25, 0.3) is 12.0 Å². The van der Waals surface area contributed by atoms with Crippen molar-refractivity contribution < 1.29 is 50.5 Å². The third-order valence-corrected chi connectivity index (χ3v) is 7.09. The van der Waals surface area contributed by atoms with E-state index < -0.39 is 80.1 Å². The molecule has 1 aliphatic rings. The molecule has 1 fully saturated rings. The first-order valence-corrected chi connectivity index (χ1v) is 13.0. The number of para-hydroxylation sites is 1. The summed E-state index contributed by atoms with van der Waals surface area (Å²) in [6.45, 7) is 2.83. The summed E-state index contributed by atoms with van der Waals surface area (Å²) in [6.07, 6.45) is -11.8. The van der Waals surface area contributed by atoms with Crippen molar-refractivity contribution in [2.24, 2.45) is 0 Å². The van der Waals surface area contributed by atoms with Crippen molar-refractivity contribution in [3.8, 4) is 5.75 Å². The number of aliphatic hydroxyl groups excluding tert-OH is 1. The second-order valence-corrected chi connectivity index (χ2v) is 10.5. The number of ether oxygens (including phenoxy) is 2. The Hall–Kier alpha value is -3.04. The maximum atomic E-state index is 15.0. The van der Waals surface area contributed by atoms with Gasteiger partial charge in [0.1, 0.15) is 17.9 Å². The van der Waals surface area contributed by atoms with Gasteiger partial charge in [-0.1, -0.05) is 18.2 Å². The van der Waals surface area contributed by atoms with Crippen LogP contribution in [0.5, 0.6) is 5.75 Å². The normalized spacial score (nSPS) is 25.4. The van der Waals surface area contributed by atoms with Gasteiger partial charge in [-0.15, -0.1) is 0 Å². The highest BCUT2D eigenvalue weighted by atomic mass is 31.2. The number of aromatic amines is 1. The molecule has 2 heterocycles. The van der Waals surface area contributed by atoms with Gasteiger partial charge in [-0.05, 0) is 32.9 Å². The van der Waals surface area contributed by atoms with E-state index in [1.54, 1.807) is 19.9 Å². The Morgan fingerprint density at radius 2 is 1.90 bits per heavy atom. The Bertz CT molecular complexity index is 1330. The van der Waals surface area contributed by atoms with Crippen LogP contribution in [-0.4, -0.2) is 63.7 Å². The molecule has 1 saturated heterocycles. The number of halogens is 4. The Balaban J connectivity index is 1.92. The van der Waals surface area contributed by atoms with Gasteiger partial charge >= 0.3 is 19.4 Å². The van der Waals surface area contributed by atoms with E-state index in [1.165, 1.54) is 36.2 Å². The highest BCUT2D eigenvalue weighted by Crippen LogP contribution is 2.49. The van der Waals surface area contributed by atoms with E-state index in [4.69, 9.17) is 18.5 Å². The molecule has 0 radical (unpaired) electrons. The van der Waals surface area contributed by atoms with Crippen LogP contribution in [0.1, 0.15) is 27.0 Å². The zero-order valence-corrected chi connectivity index (χ0v) is 21.6. The minimum Gasteiger partial charge on any atom is -0.462 e. The second-order valence-electron chi connectivity index (χ2n) is 8.81. The maximum absolute atomic E-state index is 15.0. The van der Waals surface area contributed by atoms with Gasteiger partial charge in [0.15, 0.2) is 18.0 Å². The van der Waals surface area contributed by atoms with E-state index in [9.17, 15) is 37.2 Å². The highest BCUT2D eigenvalue weighted by molar-refractivity contribution is 7.52. The number of hydrogen-bond acceptors (Lipinski definition) is 9. The van der Waals surface area contributed by atoms with Crippen LogP contribution in [0.4, 0.5) is 17.6 Å². The van der Waals surface area contributed by atoms with Crippen molar-refractivity contribution >= 4 is 13.7 Å². The molecule has 1 aliphatic heterocycles. The van der Waals surface area contributed by atoms with Gasteiger partial charge in [-0.2, -0.15) is 9.48 Å². The topological polar surface area (TPSA) is 158 Å². The summed E-state index contributed by atoms with van der Waals surface area (Å²) in [4.78, 5) is 37.1. The molecule has 0 amide bonds. The number of benzene rings is 1. The maximum Gasteiger partial charge on any atom is 0.459 e. The lowest BCUT2D eigenvalue weighted by Gasteiger charge is -2.32. The fourth-order valence-corrected chi connectivity index (χ4v) is 5.06. The number of nitrogens with zero attached hydrogens (tertiary/aromatic N) is 1. The molecule has 6 atom stereocenters. The van der Waals surface area contributed by atoms with Crippen LogP contribution in [0.25, 0.3) is 0 Å². The van der Waals surface area contributed by atoms with E-state index >= 15 is 4.39 Å². The monoisotopic (exact) mass is 583 g/mol. The number of carbonyl (C=O) groups excluding carboxylic acids is 1. The van der Waals surface area contributed by atoms with Crippen LogP contribution in [0.3, 0.4) is 0 Å². The molecule has 6 unspecified atom stereocenters. The van der Waals surface area contributed by atoms with Crippen molar-refractivity contribution in [3.05, 3.63) is 63.2 Å². The summed E-state index contributed by atoms with van der Waals surface area (Å²) in [5, 5.41) is 12.6. The van der Waals surface area contributed by atoms with Crippen LogP contribution in [-0.2, 0) is 23.4 Å². The molecule has 0 spiro atoms. The molecule has 0 aliphatic carbocycles. The smallest absolute Gasteiger partial charge is 0.459 e. The number of esters is 1. The molecule has 1 aromatic carbocycles. The average molecular weight is 583 g/mol. The Labute approximate surface area is 218 Å². The predicted octanol–water partition coefficient (Wildman–Crippen LogP) is 2.04. The molecule has 3 N–H and O–H groups in total. The lowest BCUT2D eigenvalue weighted by Crippen LogP contribution is -2.52.